The molecule has 0 amide bonds. The number of anilines is 2. The Morgan fingerprint density at radius 2 is 2.14 bits per heavy atom. The Morgan fingerprint density at radius 1 is 1.38 bits per heavy atom. The highest BCUT2D eigenvalue weighted by Gasteiger charge is 2.33. The number of hydrogen-bond donors (Lipinski definition) is 2. The average Bonchev–Trinajstić information content (AvgIpc) is 2.76. The van der Waals surface area contributed by atoms with Crippen molar-refractivity contribution in [2.45, 2.75) is 52.2 Å². The molecule has 1 aliphatic heterocycles. The lowest BCUT2D eigenvalue weighted by atomic mass is 10.1. The summed E-state index contributed by atoms with van der Waals surface area (Å²) >= 11 is 0. The number of hydrogen-bond acceptors (Lipinski definition) is 7. The van der Waals surface area contributed by atoms with E-state index in [9.17, 15) is 5.11 Å². The van der Waals surface area contributed by atoms with Gasteiger partial charge in [-0.25, -0.2) is 0 Å². The first-order valence-corrected chi connectivity index (χ1v) is 7.53. The van der Waals surface area contributed by atoms with Crippen LogP contribution in [0.1, 0.15) is 40.5 Å². The topological polar surface area (TPSA) is 83.4 Å². The summed E-state index contributed by atoms with van der Waals surface area (Å²) in [4.78, 5) is 15.0. The van der Waals surface area contributed by atoms with E-state index in [0.29, 0.717) is 30.9 Å². The number of ether oxygens (including phenoxy) is 1. The fourth-order valence-electron chi connectivity index (χ4n) is 2.18. The molecule has 7 heteroatoms. The number of nitrogens with zero attached hydrogens (tertiary/aromatic N) is 4. The molecule has 2 N–H and O–H groups in total. The average molecular weight is 295 g/mol. The maximum absolute atomic E-state index is 10.1. The van der Waals surface area contributed by atoms with E-state index in [1.54, 1.807) is 0 Å². The van der Waals surface area contributed by atoms with Crippen LogP contribution in [0.3, 0.4) is 0 Å². The van der Waals surface area contributed by atoms with Crippen molar-refractivity contribution in [3.63, 3.8) is 0 Å². The first kappa shape index (κ1) is 15.8. The van der Waals surface area contributed by atoms with Gasteiger partial charge >= 0.3 is 6.01 Å². The summed E-state index contributed by atoms with van der Waals surface area (Å²) in [6.45, 7) is 9.82. The smallest absolute Gasteiger partial charge is 0.323 e. The third kappa shape index (κ3) is 4.42. The van der Waals surface area contributed by atoms with E-state index in [1.165, 1.54) is 0 Å². The van der Waals surface area contributed by atoms with Crippen LogP contribution >= 0.6 is 0 Å². The van der Waals surface area contributed by atoms with Gasteiger partial charge in [-0.3, -0.25) is 0 Å². The molecule has 1 aromatic heterocycles. The summed E-state index contributed by atoms with van der Waals surface area (Å²) in [6, 6.07) is 0.320. The molecule has 0 radical (unpaired) electrons. The van der Waals surface area contributed by atoms with E-state index in [1.807, 2.05) is 25.7 Å². The Morgan fingerprint density at radius 3 is 2.71 bits per heavy atom. The minimum absolute atomic E-state index is 0.000890. The molecule has 0 spiro atoms. The summed E-state index contributed by atoms with van der Waals surface area (Å²) in [5, 5.41) is 13.3. The Bertz CT molecular complexity index is 478. The van der Waals surface area contributed by atoms with Crippen molar-refractivity contribution in [2.75, 3.05) is 29.9 Å². The molecule has 0 aliphatic carbocycles. The van der Waals surface area contributed by atoms with Gasteiger partial charge < -0.3 is 20.1 Å². The Hall–Kier alpha value is -1.63. The van der Waals surface area contributed by atoms with Crippen molar-refractivity contribution < 1.29 is 9.84 Å². The minimum atomic E-state index is -0.692. The van der Waals surface area contributed by atoms with Gasteiger partial charge in [0, 0.05) is 19.6 Å². The largest absolute Gasteiger partial charge is 0.461 e. The van der Waals surface area contributed by atoms with Crippen molar-refractivity contribution >= 4 is 11.9 Å². The highest BCUT2D eigenvalue weighted by atomic mass is 16.5. The van der Waals surface area contributed by atoms with E-state index < -0.39 is 5.60 Å². The fraction of sp³-hybridized carbons (Fsp3) is 0.786. The third-order valence-corrected chi connectivity index (χ3v) is 3.21. The number of nitrogens with one attached hydrogen (secondary N) is 1. The van der Waals surface area contributed by atoms with Crippen LogP contribution in [-0.2, 0) is 0 Å². The van der Waals surface area contributed by atoms with Crippen LogP contribution in [0.2, 0.25) is 0 Å². The lowest BCUT2D eigenvalue weighted by Crippen LogP contribution is -2.31. The van der Waals surface area contributed by atoms with Gasteiger partial charge in [0.2, 0.25) is 11.9 Å². The van der Waals surface area contributed by atoms with Crippen LogP contribution in [0, 0.1) is 0 Å². The van der Waals surface area contributed by atoms with Crippen molar-refractivity contribution in [1.29, 1.82) is 0 Å². The Kier molecular flexibility index (Phi) is 4.82. The van der Waals surface area contributed by atoms with Crippen molar-refractivity contribution in [3.05, 3.63) is 0 Å². The Labute approximate surface area is 125 Å². The van der Waals surface area contributed by atoms with E-state index in [2.05, 4.69) is 27.2 Å². The molecule has 1 atom stereocenters. The normalized spacial score (nSPS) is 21.9. The van der Waals surface area contributed by atoms with Crippen molar-refractivity contribution in [3.8, 4) is 6.01 Å². The molecule has 0 bridgehead atoms. The number of aliphatic hydroxyl groups is 1. The molecule has 0 saturated carbocycles. The molecule has 1 fully saturated rings. The van der Waals surface area contributed by atoms with Crippen LogP contribution in [0.4, 0.5) is 11.9 Å². The molecule has 1 unspecified atom stereocenters. The summed E-state index contributed by atoms with van der Waals surface area (Å²) in [5.74, 6) is 1.07. The zero-order valence-electron chi connectivity index (χ0n) is 13.3. The van der Waals surface area contributed by atoms with E-state index in [4.69, 9.17) is 4.74 Å². The maximum atomic E-state index is 10.1. The molecule has 1 aromatic rings. The second-order valence-electron chi connectivity index (χ2n) is 6.00. The molecule has 21 heavy (non-hydrogen) atoms. The molecular formula is C14H25N5O2. The molecule has 1 saturated heterocycles. The highest BCUT2D eigenvalue weighted by molar-refractivity contribution is 5.40. The lowest BCUT2D eigenvalue weighted by Gasteiger charge is -2.20. The molecular weight excluding hydrogens is 270 g/mol. The molecule has 2 rings (SSSR count). The van der Waals surface area contributed by atoms with Gasteiger partial charge in [-0.15, -0.1) is 0 Å². The first-order valence-electron chi connectivity index (χ1n) is 7.53. The second kappa shape index (κ2) is 6.43. The van der Waals surface area contributed by atoms with E-state index in [-0.39, 0.29) is 6.10 Å². The third-order valence-electron chi connectivity index (χ3n) is 3.21. The SMILES string of the molecule is CCCNc1nc(OC(C)C)nc(N2CCC(C)(O)C2)n1. The predicted molar refractivity (Wildman–Crippen MR) is 81.8 cm³/mol. The lowest BCUT2D eigenvalue weighted by molar-refractivity contribution is 0.0838. The van der Waals surface area contributed by atoms with Crippen molar-refractivity contribution in [2.24, 2.45) is 0 Å². The fourth-order valence-corrected chi connectivity index (χ4v) is 2.18. The maximum Gasteiger partial charge on any atom is 0.323 e. The molecule has 118 valence electrons. The summed E-state index contributed by atoms with van der Waals surface area (Å²) in [5.41, 5.74) is -0.692. The standard InChI is InChI=1S/C14H25N5O2/c1-5-7-15-11-16-12(18-13(17-11)21-10(2)3)19-8-6-14(4,20)9-19/h10,20H,5-9H2,1-4H3,(H,15,16,17,18). The van der Waals surface area contributed by atoms with Gasteiger partial charge in [-0.1, -0.05) is 6.92 Å². The van der Waals surface area contributed by atoms with Gasteiger partial charge in [0.15, 0.2) is 0 Å². The van der Waals surface area contributed by atoms with Gasteiger partial charge in [0.05, 0.1) is 11.7 Å². The number of rotatable bonds is 6. The van der Waals surface area contributed by atoms with Gasteiger partial charge in [-0.05, 0) is 33.6 Å². The summed E-state index contributed by atoms with van der Waals surface area (Å²) < 4.78 is 5.60. The molecule has 1 aliphatic rings. The van der Waals surface area contributed by atoms with Crippen LogP contribution in [0.5, 0.6) is 6.01 Å². The highest BCUT2D eigenvalue weighted by Crippen LogP contribution is 2.25. The van der Waals surface area contributed by atoms with Gasteiger partial charge in [-0.2, -0.15) is 15.0 Å². The van der Waals surface area contributed by atoms with Crippen LogP contribution < -0.4 is 15.0 Å². The van der Waals surface area contributed by atoms with E-state index >= 15 is 0 Å². The van der Waals surface area contributed by atoms with E-state index in [0.717, 1.165) is 19.5 Å². The summed E-state index contributed by atoms with van der Waals surface area (Å²) in [7, 11) is 0. The summed E-state index contributed by atoms with van der Waals surface area (Å²) in [6.07, 6.45) is 1.69. The molecule has 2 heterocycles. The number of aromatic nitrogens is 3. The van der Waals surface area contributed by atoms with Crippen LogP contribution in [-0.4, -0.2) is 51.4 Å². The van der Waals surface area contributed by atoms with Crippen molar-refractivity contribution in [1.82, 2.24) is 15.0 Å². The number of β-amino-alcohol motifs (C(OH)–C–C–N with tert-alkyl or cyclic N) is 1. The zero-order chi connectivity index (χ0) is 15.5. The monoisotopic (exact) mass is 295 g/mol. The van der Waals surface area contributed by atoms with Gasteiger partial charge in [0.25, 0.3) is 0 Å². The second-order valence-corrected chi connectivity index (χ2v) is 6.00. The predicted octanol–water partition coefficient (Wildman–Crippen LogP) is 1.44. The van der Waals surface area contributed by atoms with Gasteiger partial charge in [0.1, 0.15) is 0 Å². The minimum Gasteiger partial charge on any atom is -0.461 e. The quantitative estimate of drug-likeness (QED) is 0.821. The first-order chi connectivity index (χ1) is 9.89. The van der Waals surface area contributed by atoms with Crippen LogP contribution in [0.15, 0.2) is 0 Å². The molecule has 7 nitrogen and oxygen atoms in total. The van der Waals surface area contributed by atoms with Crippen LogP contribution in [0.25, 0.3) is 0 Å². The Balaban J connectivity index is 2.22. The molecule has 0 aromatic carbocycles. The zero-order valence-corrected chi connectivity index (χ0v) is 13.3.